The lowest BCUT2D eigenvalue weighted by Gasteiger charge is -2.07. The third kappa shape index (κ3) is 4.43. The number of urea groups is 1. The van der Waals surface area contributed by atoms with E-state index in [0.717, 1.165) is 18.4 Å². The van der Waals surface area contributed by atoms with E-state index >= 15 is 0 Å². The van der Waals surface area contributed by atoms with E-state index in [1.165, 1.54) is 6.07 Å². The number of carbonyl (C=O) groups is 1. The first kappa shape index (κ1) is 13.5. The lowest BCUT2D eigenvalue weighted by atomic mass is 10.2. The summed E-state index contributed by atoms with van der Waals surface area (Å²) in [6.07, 6.45) is 2.04. The second-order valence-electron chi connectivity index (χ2n) is 3.86. The lowest BCUT2D eigenvalue weighted by molar-refractivity contribution is 0.251. The van der Waals surface area contributed by atoms with Crippen LogP contribution in [0.15, 0.2) is 18.2 Å². The highest BCUT2D eigenvalue weighted by Gasteiger charge is 2.23. The van der Waals surface area contributed by atoms with Gasteiger partial charge in [0.05, 0.1) is 5.69 Å². The van der Waals surface area contributed by atoms with Gasteiger partial charge in [-0.2, -0.15) is 0 Å². The summed E-state index contributed by atoms with van der Waals surface area (Å²) < 4.78 is 13.3. The first-order valence-corrected chi connectivity index (χ1v) is 5.99. The minimum atomic E-state index is -0.402. The Labute approximate surface area is 101 Å². The Morgan fingerprint density at radius 3 is 2.53 bits per heavy atom. The molecule has 1 aliphatic carbocycles. The fourth-order valence-electron chi connectivity index (χ4n) is 1.29. The Bertz CT molecular complexity index is 389. The van der Waals surface area contributed by atoms with Gasteiger partial charge in [0.1, 0.15) is 5.82 Å². The van der Waals surface area contributed by atoms with E-state index in [1.807, 2.05) is 13.8 Å². The Hall–Kier alpha value is -1.58. The lowest BCUT2D eigenvalue weighted by Crippen LogP contribution is -2.30. The average molecular weight is 238 g/mol. The second-order valence-corrected chi connectivity index (χ2v) is 3.86. The van der Waals surface area contributed by atoms with Gasteiger partial charge in [0.15, 0.2) is 0 Å². The van der Waals surface area contributed by atoms with Crippen LogP contribution in [0.2, 0.25) is 0 Å². The maximum Gasteiger partial charge on any atom is 0.319 e. The number of benzene rings is 1. The molecule has 0 aliphatic heterocycles. The molecular weight excluding hydrogens is 219 g/mol. The minimum absolute atomic E-state index is 0.221. The van der Waals surface area contributed by atoms with Gasteiger partial charge in [0, 0.05) is 6.04 Å². The second kappa shape index (κ2) is 6.23. The molecule has 0 unspecified atom stereocenters. The number of hydrogen-bond donors (Lipinski definition) is 2. The molecule has 1 fully saturated rings. The van der Waals surface area contributed by atoms with Crippen LogP contribution in [0, 0.1) is 12.7 Å². The summed E-state index contributed by atoms with van der Waals surface area (Å²) in [5.74, 6) is -0.402. The predicted molar refractivity (Wildman–Crippen MR) is 67.7 cm³/mol. The molecule has 2 rings (SSSR count). The van der Waals surface area contributed by atoms with Crippen LogP contribution in [0.5, 0.6) is 0 Å². The third-order valence-electron chi connectivity index (χ3n) is 2.29. The molecule has 17 heavy (non-hydrogen) atoms. The molecule has 0 heterocycles. The highest BCUT2D eigenvalue weighted by Crippen LogP contribution is 2.19. The van der Waals surface area contributed by atoms with Crippen LogP contribution < -0.4 is 10.6 Å². The van der Waals surface area contributed by atoms with Crippen LogP contribution in [0.3, 0.4) is 0 Å². The van der Waals surface area contributed by atoms with Crippen molar-refractivity contribution in [2.24, 2.45) is 0 Å². The van der Waals surface area contributed by atoms with Gasteiger partial charge in [-0.15, -0.1) is 0 Å². The van der Waals surface area contributed by atoms with E-state index in [0.29, 0.717) is 0 Å². The predicted octanol–water partition coefficient (Wildman–Crippen LogP) is 3.44. The Morgan fingerprint density at radius 1 is 1.35 bits per heavy atom. The number of nitrogens with one attached hydrogen (secondary N) is 2. The number of halogens is 1. The van der Waals surface area contributed by atoms with Crippen molar-refractivity contribution in [2.75, 3.05) is 5.32 Å². The van der Waals surface area contributed by atoms with E-state index < -0.39 is 5.82 Å². The fourth-order valence-corrected chi connectivity index (χ4v) is 1.29. The fraction of sp³-hybridized carbons (Fsp3) is 0.462. The molecule has 0 atom stereocenters. The first-order valence-electron chi connectivity index (χ1n) is 5.99. The molecule has 1 aromatic rings. The molecule has 0 saturated heterocycles. The van der Waals surface area contributed by atoms with Crippen LogP contribution in [-0.2, 0) is 0 Å². The molecule has 1 saturated carbocycles. The van der Waals surface area contributed by atoms with Gasteiger partial charge in [0.25, 0.3) is 0 Å². The minimum Gasteiger partial charge on any atom is -0.335 e. The number of carbonyl (C=O) groups excluding carboxylic acids is 1. The van der Waals surface area contributed by atoms with Gasteiger partial charge in [0.2, 0.25) is 0 Å². The van der Waals surface area contributed by atoms with Gasteiger partial charge >= 0.3 is 6.03 Å². The normalized spacial score (nSPS) is 13.4. The molecule has 2 amide bonds. The van der Waals surface area contributed by atoms with E-state index in [4.69, 9.17) is 0 Å². The highest BCUT2D eigenvalue weighted by atomic mass is 19.1. The smallest absolute Gasteiger partial charge is 0.319 e. The van der Waals surface area contributed by atoms with Crippen molar-refractivity contribution in [3.8, 4) is 0 Å². The largest absolute Gasteiger partial charge is 0.335 e. The summed E-state index contributed by atoms with van der Waals surface area (Å²) in [4.78, 5) is 11.3. The maximum absolute atomic E-state index is 13.3. The SMILES string of the molecule is CC.Cc1ccc(NC(=O)NC2CC2)c(F)c1. The molecule has 94 valence electrons. The van der Waals surface area contributed by atoms with E-state index in [1.54, 1.807) is 19.1 Å². The molecule has 0 spiro atoms. The van der Waals surface area contributed by atoms with Crippen molar-refractivity contribution >= 4 is 11.7 Å². The van der Waals surface area contributed by atoms with Gasteiger partial charge in [-0.05, 0) is 37.5 Å². The summed E-state index contributed by atoms with van der Waals surface area (Å²) >= 11 is 0. The monoisotopic (exact) mass is 238 g/mol. The Balaban J connectivity index is 0.000000686. The summed E-state index contributed by atoms with van der Waals surface area (Å²) in [6.45, 7) is 5.80. The Morgan fingerprint density at radius 2 is 2.00 bits per heavy atom. The molecule has 1 aliphatic rings. The standard InChI is InChI=1S/C11H13FN2O.C2H6/c1-7-2-5-10(9(12)6-7)14-11(15)13-8-3-4-8;1-2/h2,5-6,8H,3-4H2,1H3,(H2,13,14,15);1-2H3. The van der Waals surface area contributed by atoms with Crippen molar-refractivity contribution in [1.82, 2.24) is 5.32 Å². The first-order chi connectivity index (χ1) is 8.15. The van der Waals surface area contributed by atoms with Crippen molar-refractivity contribution in [2.45, 2.75) is 39.7 Å². The third-order valence-corrected chi connectivity index (χ3v) is 2.29. The van der Waals surface area contributed by atoms with E-state index in [9.17, 15) is 9.18 Å². The van der Waals surface area contributed by atoms with Gasteiger partial charge in [-0.25, -0.2) is 9.18 Å². The molecule has 3 nitrogen and oxygen atoms in total. The highest BCUT2D eigenvalue weighted by molar-refractivity contribution is 5.89. The van der Waals surface area contributed by atoms with Gasteiger partial charge < -0.3 is 10.6 Å². The molecule has 0 bridgehead atoms. The van der Waals surface area contributed by atoms with Crippen molar-refractivity contribution in [3.05, 3.63) is 29.6 Å². The number of aryl methyl sites for hydroxylation is 1. The summed E-state index contributed by atoms with van der Waals surface area (Å²) in [7, 11) is 0. The zero-order chi connectivity index (χ0) is 12.8. The van der Waals surface area contributed by atoms with Crippen LogP contribution in [0.25, 0.3) is 0 Å². The van der Waals surface area contributed by atoms with Crippen LogP contribution in [-0.4, -0.2) is 12.1 Å². The zero-order valence-electron chi connectivity index (χ0n) is 10.5. The quantitative estimate of drug-likeness (QED) is 0.814. The zero-order valence-corrected chi connectivity index (χ0v) is 10.5. The molecule has 0 radical (unpaired) electrons. The number of anilines is 1. The number of amides is 2. The van der Waals surface area contributed by atoms with Crippen molar-refractivity contribution < 1.29 is 9.18 Å². The summed E-state index contributed by atoms with van der Waals surface area (Å²) in [5, 5.41) is 5.21. The molecule has 1 aromatic carbocycles. The Kier molecular flexibility index (Phi) is 4.94. The van der Waals surface area contributed by atoms with Crippen LogP contribution in [0.4, 0.5) is 14.9 Å². The summed E-state index contributed by atoms with van der Waals surface area (Å²) in [6, 6.07) is 4.67. The number of rotatable bonds is 2. The van der Waals surface area contributed by atoms with Crippen molar-refractivity contribution in [3.63, 3.8) is 0 Å². The van der Waals surface area contributed by atoms with Crippen LogP contribution in [0.1, 0.15) is 32.3 Å². The molecule has 0 aromatic heterocycles. The van der Waals surface area contributed by atoms with E-state index in [2.05, 4.69) is 10.6 Å². The van der Waals surface area contributed by atoms with Gasteiger partial charge in [-0.3, -0.25) is 0 Å². The topological polar surface area (TPSA) is 41.1 Å². The molecule has 2 N–H and O–H groups in total. The maximum atomic E-state index is 13.3. The van der Waals surface area contributed by atoms with Gasteiger partial charge in [-0.1, -0.05) is 19.9 Å². The van der Waals surface area contributed by atoms with Crippen molar-refractivity contribution in [1.29, 1.82) is 0 Å². The molecular formula is C13H19FN2O. The summed E-state index contributed by atoms with van der Waals surface area (Å²) in [5.41, 5.74) is 1.06. The average Bonchev–Trinajstić information content (AvgIpc) is 3.09. The number of hydrogen-bond acceptors (Lipinski definition) is 1. The molecule has 4 heteroatoms. The van der Waals surface area contributed by atoms with Crippen LogP contribution >= 0.6 is 0 Å². The van der Waals surface area contributed by atoms with E-state index in [-0.39, 0.29) is 17.8 Å².